The first-order valence-electron chi connectivity index (χ1n) is 5.59. The van der Waals surface area contributed by atoms with Gasteiger partial charge in [0.15, 0.2) is 5.75 Å². The zero-order chi connectivity index (χ0) is 13.7. The van der Waals surface area contributed by atoms with Crippen molar-refractivity contribution in [3.05, 3.63) is 32.3 Å². The molecular formula is C11H17BrClN3O3. The third-order valence-electron chi connectivity index (χ3n) is 2.65. The molecule has 0 heterocycles. The van der Waals surface area contributed by atoms with Crippen molar-refractivity contribution in [3.63, 3.8) is 0 Å². The summed E-state index contributed by atoms with van der Waals surface area (Å²) < 4.78 is 0.524. The number of phenols is 1. The van der Waals surface area contributed by atoms with Crippen LogP contribution in [0.2, 0.25) is 0 Å². The maximum Gasteiger partial charge on any atom is 0.312 e. The lowest BCUT2D eigenvalue weighted by Crippen LogP contribution is -2.12. The molecule has 0 saturated heterocycles. The van der Waals surface area contributed by atoms with Gasteiger partial charge in [0.1, 0.15) is 0 Å². The zero-order valence-corrected chi connectivity index (χ0v) is 12.6. The third-order valence-corrected chi connectivity index (χ3v) is 3.11. The molecule has 0 aliphatic carbocycles. The number of nitro groups is 1. The summed E-state index contributed by atoms with van der Waals surface area (Å²) >= 11 is 3.17. The first-order chi connectivity index (χ1) is 8.47. The smallest absolute Gasteiger partial charge is 0.312 e. The molecule has 0 aliphatic rings. The topological polar surface area (TPSA) is 115 Å². The molecule has 1 aromatic rings. The molecule has 5 N–H and O–H groups in total. The molecule has 0 bridgehead atoms. The van der Waals surface area contributed by atoms with Gasteiger partial charge < -0.3 is 16.6 Å². The van der Waals surface area contributed by atoms with Gasteiger partial charge in [-0.05, 0) is 25.5 Å². The second-order valence-electron chi connectivity index (χ2n) is 4.01. The van der Waals surface area contributed by atoms with Crippen LogP contribution in [0.25, 0.3) is 0 Å². The van der Waals surface area contributed by atoms with Crippen LogP contribution in [0.3, 0.4) is 0 Å². The average Bonchev–Trinajstić information content (AvgIpc) is 2.31. The lowest BCUT2D eigenvalue weighted by Gasteiger charge is -2.13. The van der Waals surface area contributed by atoms with Crippen LogP contribution in [0.15, 0.2) is 16.6 Å². The van der Waals surface area contributed by atoms with E-state index in [1.165, 1.54) is 6.07 Å². The van der Waals surface area contributed by atoms with Crippen molar-refractivity contribution in [1.29, 1.82) is 0 Å². The normalized spacial score (nSPS) is 11.7. The van der Waals surface area contributed by atoms with E-state index in [4.69, 9.17) is 11.5 Å². The first-order valence-corrected chi connectivity index (χ1v) is 6.39. The number of unbranched alkanes of at least 4 members (excludes halogenated alkanes) is 1. The minimum Gasteiger partial charge on any atom is -0.502 e. The summed E-state index contributed by atoms with van der Waals surface area (Å²) in [4.78, 5) is 10.1. The summed E-state index contributed by atoms with van der Waals surface area (Å²) in [5.74, 6) is -0.358. The Morgan fingerprint density at radius 3 is 2.58 bits per heavy atom. The summed E-state index contributed by atoms with van der Waals surface area (Å²) in [6, 6.07) is 2.42. The fraction of sp³-hybridized carbons (Fsp3) is 0.455. The maximum absolute atomic E-state index is 10.8. The Bertz CT molecular complexity index is 445. The number of nitrogens with zero attached hydrogens (tertiary/aromatic N) is 1. The van der Waals surface area contributed by atoms with Gasteiger partial charge in [-0.1, -0.05) is 22.4 Å². The number of nitrogens with two attached hydrogens (primary N) is 2. The molecule has 0 aromatic heterocycles. The van der Waals surface area contributed by atoms with Gasteiger partial charge in [-0.15, -0.1) is 12.4 Å². The number of nitro benzene ring substituents is 1. The van der Waals surface area contributed by atoms with Crippen LogP contribution in [0.4, 0.5) is 5.69 Å². The number of hydrogen-bond acceptors (Lipinski definition) is 5. The highest BCUT2D eigenvalue weighted by Gasteiger charge is 2.21. The predicted octanol–water partition coefficient (Wildman–Crippen LogP) is 2.61. The summed E-state index contributed by atoms with van der Waals surface area (Å²) in [7, 11) is 0. The van der Waals surface area contributed by atoms with Gasteiger partial charge in [-0.25, -0.2) is 0 Å². The molecule has 8 heteroatoms. The Balaban J connectivity index is 0.00000324. The molecule has 0 amide bonds. The van der Waals surface area contributed by atoms with E-state index >= 15 is 0 Å². The largest absolute Gasteiger partial charge is 0.502 e. The lowest BCUT2D eigenvalue weighted by atomic mass is 10.00. The van der Waals surface area contributed by atoms with Crippen LogP contribution in [0.1, 0.15) is 30.9 Å². The fourth-order valence-corrected chi connectivity index (χ4v) is 2.15. The summed E-state index contributed by atoms with van der Waals surface area (Å²) in [5.41, 5.74) is 11.4. The standard InChI is InChI=1S/C11H16BrN3O3.ClH/c12-7-5-8(9(14)3-1-2-4-13)11(16)10(6-7)15(17)18;/h5-6,9,16H,1-4,13-14H2;1H/t9-;/m0./s1. The van der Waals surface area contributed by atoms with Gasteiger partial charge in [-0.3, -0.25) is 10.1 Å². The van der Waals surface area contributed by atoms with Crippen molar-refractivity contribution in [2.75, 3.05) is 6.54 Å². The van der Waals surface area contributed by atoms with E-state index in [2.05, 4.69) is 15.9 Å². The maximum atomic E-state index is 10.8. The van der Waals surface area contributed by atoms with Crippen LogP contribution in [-0.4, -0.2) is 16.6 Å². The van der Waals surface area contributed by atoms with E-state index in [0.29, 0.717) is 23.0 Å². The highest BCUT2D eigenvalue weighted by Crippen LogP contribution is 2.37. The Labute approximate surface area is 125 Å². The minimum atomic E-state index is -0.629. The molecule has 6 nitrogen and oxygen atoms in total. The number of rotatable bonds is 6. The molecule has 1 rings (SSSR count). The number of halogens is 2. The van der Waals surface area contributed by atoms with Crippen molar-refractivity contribution in [3.8, 4) is 5.75 Å². The number of aromatic hydroxyl groups is 1. The van der Waals surface area contributed by atoms with Crippen molar-refractivity contribution in [2.45, 2.75) is 25.3 Å². The predicted molar refractivity (Wildman–Crippen MR) is 79.5 cm³/mol. The quantitative estimate of drug-likeness (QED) is 0.412. The average molecular weight is 355 g/mol. The molecule has 0 fully saturated rings. The lowest BCUT2D eigenvalue weighted by molar-refractivity contribution is -0.386. The van der Waals surface area contributed by atoms with Gasteiger partial charge in [0.2, 0.25) is 0 Å². The van der Waals surface area contributed by atoms with E-state index < -0.39 is 11.0 Å². The van der Waals surface area contributed by atoms with Gasteiger partial charge in [0, 0.05) is 22.1 Å². The van der Waals surface area contributed by atoms with Gasteiger partial charge in [0.25, 0.3) is 0 Å². The summed E-state index contributed by atoms with van der Waals surface area (Å²) in [5, 5.41) is 20.6. The van der Waals surface area contributed by atoms with Crippen molar-refractivity contribution < 1.29 is 10.0 Å². The Kier molecular flexibility index (Phi) is 7.93. The first kappa shape index (κ1) is 18.1. The summed E-state index contributed by atoms with van der Waals surface area (Å²) in [6.45, 7) is 0.581. The summed E-state index contributed by atoms with van der Waals surface area (Å²) in [6.07, 6.45) is 2.28. The van der Waals surface area contributed by atoms with Gasteiger partial charge >= 0.3 is 5.69 Å². The minimum absolute atomic E-state index is 0. The second kappa shape index (κ2) is 8.31. The number of phenolic OH excluding ortho intramolecular Hbond substituents is 1. The number of hydrogen-bond donors (Lipinski definition) is 3. The molecule has 1 aromatic carbocycles. The molecule has 0 aliphatic heterocycles. The molecule has 19 heavy (non-hydrogen) atoms. The van der Waals surface area contributed by atoms with Crippen LogP contribution < -0.4 is 11.5 Å². The molecule has 0 unspecified atom stereocenters. The highest BCUT2D eigenvalue weighted by molar-refractivity contribution is 9.10. The van der Waals surface area contributed by atoms with E-state index in [1.54, 1.807) is 6.07 Å². The van der Waals surface area contributed by atoms with E-state index in [1.807, 2.05) is 0 Å². The van der Waals surface area contributed by atoms with E-state index in [9.17, 15) is 15.2 Å². The van der Waals surface area contributed by atoms with Crippen molar-refractivity contribution in [1.82, 2.24) is 0 Å². The Morgan fingerprint density at radius 1 is 1.42 bits per heavy atom. The van der Waals surface area contributed by atoms with Crippen molar-refractivity contribution in [2.24, 2.45) is 11.5 Å². The Hall–Kier alpha value is -0.890. The van der Waals surface area contributed by atoms with Gasteiger partial charge in [0.05, 0.1) is 4.92 Å². The number of benzene rings is 1. The molecule has 1 atom stereocenters. The van der Waals surface area contributed by atoms with Crippen LogP contribution >= 0.6 is 28.3 Å². The van der Waals surface area contributed by atoms with E-state index in [0.717, 1.165) is 12.8 Å². The molecule has 108 valence electrons. The second-order valence-corrected chi connectivity index (χ2v) is 4.93. The fourth-order valence-electron chi connectivity index (χ4n) is 1.69. The molecule has 0 spiro atoms. The molecule has 0 saturated carbocycles. The van der Waals surface area contributed by atoms with Gasteiger partial charge in [-0.2, -0.15) is 0 Å². The van der Waals surface area contributed by atoms with E-state index in [-0.39, 0.29) is 23.8 Å². The monoisotopic (exact) mass is 353 g/mol. The molecule has 0 radical (unpaired) electrons. The highest BCUT2D eigenvalue weighted by atomic mass is 79.9. The third kappa shape index (κ3) is 4.94. The van der Waals surface area contributed by atoms with Crippen LogP contribution in [0, 0.1) is 10.1 Å². The van der Waals surface area contributed by atoms with Crippen molar-refractivity contribution >= 4 is 34.0 Å². The molecular weight excluding hydrogens is 337 g/mol. The SMILES string of the molecule is Cl.NCCCC[C@H](N)c1cc(Br)cc([N+](=O)[O-])c1O. The van der Waals surface area contributed by atoms with Crippen LogP contribution in [0.5, 0.6) is 5.75 Å². The van der Waals surface area contributed by atoms with Crippen LogP contribution in [-0.2, 0) is 0 Å². The Morgan fingerprint density at radius 2 is 2.05 bits per heavy atom. The zero-order valence-electron chi connectivity index (χ0n) is 10.2.